The average molecular weight is 293 g/mol. The van der Waals surface area contributed by atoms with Gasteiger partial charge in [0.25, 0.3) is 0 Å². The number of Topliss-reactive ketones (excluding diaryl/α,β-unsaturated/α-hetero) is 1. The zero-order valence-electron chi connectivity index (χ0n) is 12.6. The number of ketones is 1. The van der Waals surface area contributed by atoms with Crippen molar-refractivity contribution in [2.75, 3.05) is 13.2 Å². The Kier molecular flexibility index (Phi) is 5.90. The molecule has 0 bridgehead atoms. The second-order valence-electron chi connectivity index (χ2n) is 4.38. The maximum Gasteiger partial charge on any atom is 0.340 e. The van der Waals surface area contributed by atoms with Gasteiger partial charge in [0.1, 0.15) is 0 Å². The van der Waals surface area contributed by atoms with Crippen LogP contribution in [0.3, 0.4) is 0 Å². The lowest BCUT2D eigenvalue weighted by molar-refractivity contribution is -0.136. The number of nitrogens with one attached hydrogen (secondary N) is 1. The number of esters is 2. The molecule has 0 aliphatic rings. The molecule has 0 fully saturated rings. The molecule has 1 heterocycles. The van der Waals surface area contributed by atoms with E-state index in [0.717, 1.165) is 0 Å². The molecule has 0 saturated carbocycles. The van der Waals surface area contributed by atoms with E-state index in [1.165, 1.54) is 12.2 Å². The summed E-state index contributed by atoms with van der Waals surface area (Å²) in [6.07, 6.45) is 2.73. The molecule has 1 N–H and O–H groups in total. The van der Waals surface area contributed by atoms with E-state index in [-0.39, 0.29) is 17.7 Å². The van der Waals surface area contributed by atoms with Crippen LogP contribution >= 0.6 is 0 Å². The van der Waals surface area contributed by atoms with Crippen molar-refractivity contribution < 1.29 is 23.9 Å². The molecular weight excluding hydrogens is 274 g/mol. The number of ether oxygens (including phenoxy) is 2. The van der Waals surface area contributed by atoms with Crippen molar-refractivity contribution in [2.24, 2.45) is 0 Å². The lowest BCUT2D eigenvalue weighted by Gasteiger charge is -2.06. The summed E-state index contributed by atoms with van der Waals surface area (Å²) in [7, 11) is 0. The van der Waals surface area contributed by atoms with Gasteiger partial charge in [-0.15, -0.1) is 0 Å². The Morgan fingerprint density at radius 1 is 1.10 bits per heavy atom. The number of allylic oxidation sites excluding steroid dienone is 1. The molecule has 6 nitrogen and oxygen atoms in total. The summed E-state index contributed by atoms with van der Waals surface area (Å²) < 4.78 is 9.76. The summed E-state index contributed by atoms with van der Waals surface area (Å²) in [6, 6.07) is 0. The van der Waals surface area contributed by atoms with Crippen molar-refractivity contribution in [3.8, 4) is 0 Å². The minimum Gasteiger partial charge on any atom is -0.462 e. The summed E-state index contributed by atoms with van der Waals surface area (Å²) in [5, 5.41) is 0. The molecule has 1 rings (SSSR count). The highest BCUT2D eigenvalue weighted by Crippen LogP contribution is 2.20. The first-order valence-electron chi connectivity index (χ1n) is 6.61. The quantitative estimate of drug-likeness (QED) is 0.493. The first-order chi connectivity index (χ1) is 9.92. The lowest BCUT2D eigenvalue weighted by atomic mass is 10.1. The molecule has 0 amide bonds. The topological polar surface area (TPSA) is 85.5 Å². The van der Waals surface area contributed by atoms with Gasteiger partial charge in [0.05, 0.1) is 17.7 Å². The van der Waals surface area contributed by atoms with Gasteiger partial charge in [-0.2, -0.15) is 0 Å². The van der Waals surface area contributed by atoms with Crippen LogP contribution in [0.1, 0.15) is 46.0 Å². The second kappa shape index (κ2) is 7.42. The summed E-state index contributed by atoms with van der Waals surface area (Å²) in [6.45, 7) is 6.51. The molecule has 0 aliphatic heterocycles. The first-order valence-corrected chi connectivity index (χ1v) is 6.61. The normalized spacial score (nSPS) is 10.7. The van der Waals surface area contributed by atoms with Crippen LogP contribution in [0.2, 0.25) is 0 Å². The average Bonchev–Trinajstić information content (AvgIpc) is 2.71. The van der Waals surface area contributed by atoms with E-state index in [9.17, 15) is 14.4 Å². The van der Waals surface area contributed by atoms with E-state index in [0.29, 0.717) is 11.4 Å². The molecule has 0 unspecified atom stereocenters. The molecular formula is C15H19NO5. The second-order valence-corrected chi connectivity index (χ2v) is 4.38. The number of H-pyrrole nitrogens is 1. The molecule has 0 radical (unpaired) electrons. The van der Waals surface area contributed by atoms with Gasteiger partial charge in [-0.25, -0.2) is 9.59 Å². The van der Waals surface area contributed by atoms with E-state index >= 15 is 0 Å². The van der Waals surface area contributed by atoms with Crippen LogP contribution in [0.15, 0.2) is 12.2 Å². The van der Waals surface area contributed by atoms with Crippen LogP contribution in [0.25, 0.3) is 0 Å². The highest BCUT2D eigenvalue weighted by atomic mass is 16.5. The fraction of sp³-hybridized carbons (Fsp3) is 0.400. The van der Waals surface area contributed by atoms with E-state index < -0.39 is 24.3 Å². The van der Waals surface area contributed by atoms with Crippen molar-refractivity contribution in [2.45, 2.75) is 27.7 Å². The number of carbonyl (C=O) groups excluding carboxylic acids is 3. The zero-order valence-corrected chi connectivity index (χ0v) is 12.6. The van der Waals surface area contributed by atoms with Crippen molar-refractivity contribution in [1.29, 1.82) is 0 Å². The maximum atomic E-state index is 12.2. The molecule has 0 aromatic carbocycles. The van der Waals surface area contributed by atoms with E-state index in [4.69, 9.17) is 9.47 Å². The molecule has 1 aromatic rings. The number of hydrogen-bond donors (Lipinski definition) is 1. The largest absolute Gasteiger partial charge is 0.462 e. The molecule has 0 atom stereocenters. The summed E-state index contributed by atoms with van der Waals surface area (Å²) in [5.41, 5.74) is 1.50. The first kappa shape index (κ1) is 16.7. The van der Waals surface area contributed by atoms with E-state index in [2.05, 4.69) is 4.98 Å². The van der Waals surface area contributed by atoms with Crippen LogP contribution < -0.4 is 0 Å². The summed E-state index contributed by atoms with van der Waals surface area (Å²) in [4.78, 5) is 38.3. The Morgan fingerprint density at radius 2 is 1.71 bits per heavy atom. The van der Waals surface area contributed by atoms with Crippen molar-refractivity contribution in [1.82, 2.24) is 4.98 Å². The molecule has 0 spiro atoms. The molecule has 6 heteroatoms. The highest BCUT2D eigenvalue weighted by molar-refractivity contribution is 6.09. The fourth-order valence-corrected chi connectivity index (χ4v) is 1.98. The molecule has 1 aromatic heterocycles. The Hall–Kier alpha value is -2.37. The Labute approximate surface area is 123 Å². The highest BCUT2D eigenvalue weighted by Gasteiger charge is 2.25. The minimum absolute atomic E-state index is 0.196. The van der Waals surface area contributed by atoms with Crippen LogP contribution in [-0.2, 0) is 14.3 Å². The predicted octanol–water partition coefficient (Wildman–Crippen LogP) is 2.11. The third-order valence-corrected chi connectivity index (χ3v) is 2.78. The molecule has 0 saturated heterocycles. The van der Waals surface area contributed by atoms with Gasteiger partial charge in [0, 0.05) is 17.5 Å². The maximum absolute atomic E-state index is 12.2. The molecule has 21 heavy (non-hydrogen) atoms. The third kappa shape index (κ3) is 4.05. The van der Waals surface area contributed by atoms with Crippen LogP contribution in [0, 0.1) is 13.8 Å². The summed E-state index contributed by atoms with van der Waals surface area (Å²) in [5.74, 6) is -1.62. The fourth-order valence-electron chi connectivity index (χ4n) is 1.98. The predicted molar refractivity (Wildman–Crippen MR) is 76.3 cm³/mol. The Bertz CT molecular complexity index is 583. The Balaban J connectivity index is 2.98. The number of aromatic amines is 1. The van der Waals surface area contributed by atoms with Gasteiger partial charge in [-0.05, 0) is 27.7 Å². The SMILES string of the molecule is CC=CC(=O)OCC(=O)c1c(C)[nH]c(C)c1C(=O)OCC. The van der Waals surface area contributed by atoms with Crippen LogP contribution in [-0.4, -0.2) is 35.9 Å². The number of carbonyl (C=O) groups is 3. The van der Waals surface area contributed by atoms with Crippen LogP contribution in [0.4, 0.5) is 0 Å². The van der Waals surface area contributed by atoms with Gasteiger partial charge < -0.3 is 14.5 Å². The van der Waals surface area contributed by atoms with Crippen molar-refractivity contribution in [3.63, 3.8) is 0 Å². The minimum atomic E-state index is -0.603. The third-order valence-electron chi connectivity index (χ3n) is 2.78. The standard InChI is InChI=1S/C15H19NO5/c1-5-7-12(18)21-8-11(17)13-9(3)16-10(4)14(13)15(19)20-6-2/h5,7,16H,6,8H2,1-4H3. The van der Waals surface area contributed by atoms with E-state index in [1.807, 2.05) is 0 Å². The van der Waals surface area contributed by atoms with Crippen LogP contribution in [0.5, 0.6) is 0 Å². The number of aromatic nitrogens is 1. The van der Waals surface area contributed by atoms with Gasteiger partial charge in [0.15, 0.2) is 6.61 Å². The van der Waals surface area contributed by atoms with Gasteiger partial charge in [-0.1, -0.05) is 6.08 Å². The smallest absolute Gasteiger partial charge is 0.340 e. The van der Waals surface area contributed by atoms with Gasteiger partial charge >= 0.3 is 11.9 Å². The molecule has 0 aliphatic carbocycles. The summed E-state index contributed by atoms with van der Waals surface area (Å²) >= 11 is 0. The molecule has 114 valence electrons. The number of rotatable bonds is 6. The lowest BCUT2D eigenvalue weighted by Crippen LogP contribution is -2.17. The zero-order chi connectivity index (χ0) is 16.0. The van der Waals surface area contributed by atoms with E-state index in [1.54, 1.807) is 27.7 Å². The van der Waals surface area contributed by atoms with Crippen molar-refractivity contribution in [3.05, 3.63) is 34.7 Å². The number of aryl methyl sites for hydroxylation is 2. The monoisotopic (exact) mass is 293 g/mol. The Morgan fingerprint density at radius 3 is 2.29 bits per heavy atom. The number of hydrogen-bond acceptors (Lipinski definition) is 5. The van der Waals surface area contributed by atoms with Gasteiger partial charge in [-0.3, -0.25) is 4.79 Å². The van der Waals surface area contributed by atoms with Crippen molar-refractivity contribution >= 4 is 17.7 Å². The van der Waals surface area contributed by atoms with Gasteiger partial charge in [0.2, 0.25) is 5.78 Å².